The van der Waals surface area contributed by atoms with E-state index in [0.717, 1.165) is 17.9 Å². The zero-order chi connectivity index (χ0) is 13.7. The molecule has 0 unspecified atom stereocenters. The highest BCUT2D eigenvalue weighted by Crippen LogP contribution is 2.33. The van der Waals surface area contributed by atoms with Crippen molar-refractivity contribution in [1.29, 1.82) is 0 Å². The number of nitrogens with zero attached hydrogens (tertiary/aromatic N) is 1. The van der Waals surface area contributed by atoms with Crippen molar-refractivity contribution < 1.29 is 4.74 Å². The van der Waals surface area contributed by atoms with Gasteiger partial charge in [-0.2, -0.15) is 0 Å². The summed E-state index contributed by atoms with van der Waals surface area (Å²) < 4.78 is 5.42. The number of hydrogen-bond donors (Lipinski definition) is 1. The minimum atomic E-state index is -0.0300. The molecule has 0 heterocycles. The van der Waals surface area contributed by atoms with E-state index < -0.39 is 0 Å². The van der Waals surface area contributed by atoms with Gasteiger partial charge < -0.3 is 15.4 Å². The quantitative estimate of drug-likeness (QED) is 0.842. The van der Waals surface area contributed by atoms with Gasteiger partial charge in [0.1, 0.15) is 5.75 Å². The molecule has 0 spiro atoms. The number of nitrogens with two attached hydrogens (primary N) is 1. The van der Waals surface area contributed by atoms with Crippen molar-refractivity contribution in [2.45, 2.75) is 33.2 Å². The molecule has 1 aromatic rings. The Balaban J connectivity index is 2.99. The molecule has 0 saturated heterocycles. The summed E-state index contributed by atoms with van der Waals surface area (Å²) >= 11 is 0. The van der Waals surface area contributed by atoms with Crippen LogP contribution in [-0.4, -0.2) is 20.7 Å². The highest BCUT2D eigenvalue weighted by atomic mass is 16.5. The van der Waals surface area contributed by atoms with Crippen LogP contribution in [0.5, 0.6) is 5.75 Å². The fourth-order valence-electron chi connectivity index (χ4n) is 2.07. The zero-order valence-corrected chi connectivity index (χ0v) is 12.2. The average Bonchev–Trinajstić information content (AvgIpc) is 2.34. The largest absolute Gasteiger partial charge is 0.496 e. The molecule has 0 bridgehead atoms. The maximum absolute atomic E-state index is 6.08. The Labute approximate surface area is 111 Å². The Morgan fingerprint density at radius 3 is 2.44 bits per heavy atom. The minimum Gasteiger partial charge on any atom is -0.496 e. The number of hydrogen-bond acceptors (Lipinski definition) is 3. The van der Waals surface area contributed by atoms with Gasteiger partial charge in [0.05, 0.1) is 7.11 Å². The van der Waals surface area contributed by atoms with E-state index in [-0.39, 0.29) is 6.04 Å². The maximum atomic E-state index is 6.08. The van der Waals surface area contributed by atoms with Gasteiger partial charge >= 0.3 is 0 Å². The predicted octanol–water partition coefficient (Wildman–Crippen LogP) is 3.20. The van der Waals surface area contributed by atoms with Gasteiger partial charge in [-0.1, -0.05) is 19.9 Å². The van der Waals surface area contributed by atoms with Crippen LogP contribution in [0.15, 0.2) is 18.2 Å². The van der Waals surface area contributed by atoms with Gasteiger partial charge in [0, 0.05) is 30.9 Å². The molecule has 0 fully saturated rings. The van der Waals surface area contributed by atoms with Crippen molar-refractivity contribution in [3.8, 4) is 5.75 Å². The highest BCUT2D eigenvalue weighted by Gasteiger charge is 2.15. The molecule has 0 amide bonds. The van der Waals surface area contributed by atoms with Gasteiger partial charge in [-0.05, 0) is 31.4 Å². The van der Waals surface area contributed by atoms with E-state index in [4.69, 9.17) is 10.5 Å². The Hall–Kier alpha value is -1.22. The predicted molar refractivity (Wildman–Crippen MR) is 78.3 cm³/mol. The summed E-state index contributed by atoms with van der Waals surface area (Å²) in [6.45, 7) is 7.51. The number of ether oxygens (including phenoxy) is 1. The van der Waals surface area contributed by atoms with E-state index >= 15 is 0 Å². The first-order chi connectivity index (χ1) is 8.47. The van der Waals surface area contributed by atoms with Gasteiger partial charge in [0.15, 0.2) is 0 Å². The molecule has 102 valence electrons. The Morgan fingerprint density at radius 2 is 1.94 bits per heavy atom. The van der Waals surface area contributed by atoms with Crippen LogP contribution in [0.1, 0.15) is 38.8 Å². The summed E-state index contributed by atoms with van der Waals surface area (Å²) in [4.78, 5) is 2.27. The first-order valence-corrected chi connectivity index (χ1v) is 6.61. The summed E-state index contributed by atoms with van der Waals surface area (Å²) in [5.41, 5.74) is 8.34. The van der Waals surface area contributed by atoms with Gasteiger partial charge in [-0.3, -0.25) is 0 Å². The Morgan fingerprint density at radius 1 is 1.28 bits per heavy atom. The normalized spacial score (nSPS) is 12.6. The van der Waals surface area contributed by atoms with Crippen molar-refractivity contribution in [3.63, 3.8) is 0 Å². The fourth-order valence-corrected chi connectivity index (χ4v) is 2.07. The summed E-state index contributed by atoms with van der Waals surface area (Å²) in [7, 11) is 3.81. The number of benzene rings is 1. The third-order valence-corrected chi connectivity index (χ3v) is 3.17. The molecule has 3 heteroatoms. The molecule has 0 aliphatic carbocycles. The molecule has 1 atom stereocenters. The highest BCUT2D eigenvalue weighted by molar-refractivity contribution is 5.60. The van der Waals surface area contributed by atoms with Crippen LogP contribution in [0.25, 0.3) is 0 Å². The van der Waals surface area contributed by atoms with Crippen LogP contribution < -0.4 is 15.4 Å². The van der Waals surface area contributed by atoms with E-state index in [1.807, 2.05) is 19.1 Å². The second-order valence-corrected chi connectivity index (χ2v) is 5.29. The van der Waals surface area contributed by atoms with Crippen LogP contribution >= 0.6 is 0 Å². The van der Waals surface area contributed by atoms with E-state index in [1.165, 1.54) is 12.1 Å². The second-order valence-electron chi connectivity index (χ2n) is 5.29. The standard InChI is InChI=1S/C15H26N2O/c1-11(2)9-10-17(4)13-7-6-8-14(18-5)15(13)12(3)16/h6-8,11-12H,9-10,16H2,1-5H3/t12-/m1/s1. The van der Waals surface area contributed by atoms with Gasteiger partial charge in [-0.25, -0.2) is 0 Å². The van der Waals surface area contributed by atoms with E-state index in [1.54, 1.807) is 7.11 Å². The van der Waals surface area contributed by atoms with Crippen molar-refractivity contribution in [3.05, 3.63) is 23.8 Å². The van der Waals surface area contributed by atoms with E-state index in [9.17, 15) is 0 Å². The summed E-state index contributed by atoms with van der Waals surface area (Å²) in [5, 5.41) is 0. The molecule has 3 nitrogen and oxygen atoms in total. The maximum Gasteiger partial charge on any atom is 0.125 e. The van der Waals surface area contributed by atoms with Crippen molar-refractivity contribution in [2.75, 3.05) is 25.6 Å². The van der Waals surface area contributed by atoms with Crippen LogP contribution in [-0.2, 0) is 0 Å². The SMILES string of the molecule is COc1cccc(N(C)CCC(C)C)c1[C@@H](C)N. The summed E-state index contributed by atoms with van der Waals surface area (Å²) in [6.07, 6.45) is 1.17. The van der Waals surface area contributed by atoms with Crippen molar-refractivity contribution >= 4 is 5.69 Å². The zero-order valence-electron chi connectivity index (χ0n) is 12.2. The van der Waals surface area contributed by atoms with Gasteiger partial charge in [0.2, 0.25) is 0 Å². The molecule has 0 aliphatic heterocycles. The minimum absolute atomic E-state index is 0.0300. The smallest absolute Gasteiger partial charge is 0.125 e. The third kappa shape index (κ3) is 3.64. The third-order valence-electron chi connectivity index (χ3n) is 3.17. The topological polar surface area (TPSA) is 38.5 Å². The van der Waals surface area contributed by atoms with Crippen molar-refractivity contribution in [1.82, 2.24) is 0 Å². The monoisotopic (exact) mass is 250 g/mol. The number of methoxy groups -OCH3 is 1. The van der Waals surface area contributed by atoms with E-state index in [2.05, 4.69) is 31.9 Å². The summed E-state index contributed by atoms with van der Waals surface area (Å²) in [6, 6.07) is 6.07. The second kappa shape index (κ2) is 6.64. The van der Waals surface area contributed by atoms with Crippen LogP contribution in [0.3, 0.4) is 0 Å². The molecule has 18 heavy (non-hydrogen) atoms. The Kier molecular flexibility index (Phi) is 5.48. The molecular formula is C15H26N2O. The molecule has 2 N–H and O–H groups in total. The first-order valence-electron chi connectivity index (χ1n) is 6.61. The lowest BCUT2D eigenvalue weighted by molar-refractivity contribution is 0.407. The van der Waals surface area contributed by atoms with Crippen LogP contribution in [0.2, 0.25) is 0 Å². The number of anilines is 1. The lowest BCUT2D eigenvalue weighted by Crippen LogP contribution is -2.23. The Bertz CT molecular complexity index is 375. The molecule has 0 aromatic heterocycles. The van der Waals surface area contributed by atoms with Crippen LogP contribution in [0, 0.1) is 5.92 Å². The van der Waals surface area contributed by atoms with Crippen molar-refractivity contribution in [2.24, 2.45) is 11.7 Å². The fraction of sp³-hybridized carbons (Fsp3) is 0.600. The summed E-state index contributed by atoms with van der Waals surface area (Å²) in [5.74, 6) is 1.58. The first kappa shape index (κ1) is 14.8. The molecule has 1 aromatic carbocycles. The molecule has 1 rings (SSSR count). The lowest BCUT2D eigenvalue weighted by atomic mass is 10.0. The molecule has 0 radical (unpaired) electrons. The molecular weight excluding hydrogens is 224 g/mol. The van der Waals surface area contributed by atoms with Gasteiger partial charge in [-0.15, -0.1) is 0 Å². The lowest BCUT2D eigenvalue weighted by Gasteiger charge is -2.26. The van der Waals surface area contributed by atoms with Crippen LogP contribution in [0.4, 0.5) is 5.69 Å². The van der Waals surface area contributed by atoms with Gasteiger partial charge in [0.25, 0.3) is 0 Å². The average molecular weight is 250 g/mol. The van der Waals surface area contributed by atoms with E-state index in [0.29, 0.717) is 5.92 Å². The molecule has 0 aliphatic rings. The number of rotatable bonds is 6. The molecule has 0 saturated carbocycles.